The lowest BCUT2D eigenvalue weighted by Gasteiger charge is -2.27. The molecule has 2 aromatic carbocycles. The highest BCUT2D eigenvalue weighted by atomic mass is 16.5. The number of hydrogen-bond acceptors (Lipinski definition) is 8. The molecule has 6 rings (SSSR count). The van der Waals surface area contributed by atoms with E-state index in [4.69, 9.17) is 29.2 Å². The van der Waals surface area contributed by atoms with Crippen LogP contribution in [0.15, 0.2) is 60.9 Å². The van der Waals surface area contributed by atoms with Gasteiger partial charge in [-0.05, 0) is 17.7 Å². The molecule has 0 N–H and O–H groups in total. The second kappa shape index (κ2) is 11.2. The summed E-state index contributed by atoms with van der Waals surface area (Å²) in [5.41, 5.74) is 4.58. The Labute approximate surface area is 216 Å². The molecule has 0 saturated carbocycles. The first kappa shape index (κ1) is 23.8. The van der Waals surface area contributed by atoms with Crippen molar-refractivity contribution in [1.82, 2.24) is 24.4 Å². The van der Waals surface area contributed by atoms with Crippen LogP contribution in [-0.4, -0.2) is 83.6 Å². The summed E-state index contributed by atoms with van der Waals surface area (Å²) in [6, 6.07) is 18.3. The van der Waals surface area contributed by atoms with Crippen LogP contribution >= 0.6 is 0 Å². The summed E-state index contributed by atoms with van der Waals surface area (Å²) in [5.74, 6) is 1.52. The van der Waals surface area contributed by atoms with Crippen LogP contribution in [0.1, 0.15) is 5.56 Å². The normalized spacial score (nSPS) is 16.8. The van der Waals surface area contributed by atoms with Crippen LogP contribution in [0, 0.1) is 0 Å². The summed E-state index contributed by atoms with van der Waals surface area (Å²) in [5, 5.41) is 0. The van der Waals surface area contributed by atoms with Gasteiger partial charge in [0.05, 0.1) is 32.8 Å². The lowest BCUT2D eigenvalue weighted by atomic mass is 10.1. The zero-order valence-corrected chi connectivity index (χ0v) is 21.0. The maximum absolute atomic E-state index is 6.11. The lowest BCUT2D eigenvalue weighted by Crippen LogP contribution is -2.38. The van der Waals surface area contributed by atoms with Crippen molar-refractivity contribution in [1.29, 1.82) is 0 Å². The van der Waals surface area contributed by atoms with Gasteiger partial charge in [0.2, 0.25) is 5.95 Å². The fraction of sp³-hybridized carbons (Fsp3) is 0.393. The van der Waals surface area contributed by atoms with E-state index >= 15 is 0 Å². The van der Waals surface area contributed by atoms with Crippen molar-refractivity contribution in [3.05, 3.63) is 66.5 Å². The minimum atomic E-state index is 0.513. The van der Waals surface area contributed by atoms with Crippen LogP contribution in [0.5, 0.6) is 5.75 Å². The fourth-order valence-corrected chi connectivity index (χ4v) is 4.75. The Hall–Kier alpha value is -3.53. The van der Waals surface area contributed by atoms with Crippen molar-refractivity contribution >= 4 is 17.1 Å². The Morgan fingerprint density at radius 3 is 2.41 bits per heavy atom. The first-order valence-corrected chi connectivity index (χ1v) is 13.0. The predicted octanol–water partition coefficient (Wildman–Crippen LogP) is 3.24. The van der Waals surface area contributed by atoms with Gasteiger partial charge in [-0.3, -0.25) is 4.90 Å². The van der Waals surface area contributed by atoms with Crippen molar-refractivity contribution in [3.8, 4) is 17.0 Å². The van der Waals surface area contributed by atoms with Crippen LogP contribution in [-0.2, 0) is 22.6 Å². The van der Waals surface area contributed by atoms with Crippen LogP contribution < -0.4 is 9.64 Å². The molecule has 0 spiro atoms. The molecule has 0 bridgehead atoms. The van der Waals surface area contributed by atoms with Crippen molar-refractivity contribution in [2.24, 2.45) is 0 Å². The molecule has 2 saturated heterocycles. The molecular formula is C28H32N6O3. The number of fused-ring (bicyclic) bond motifs is 1. The maximum Gasteiger partial charge on any atom is 0.228 e. The van der Waals surface area contributed by atoms with Crippen LogP contribution in [0.25, 0.3) is 22.4 Å². The Bertz CT molecular complexity index is 1320. The van der Waals surface area contributed by atoms with Gasteiger partial charge in [-0.15, -0.1) is 0 Å². The molecule has 2 aromatic heterocycles. The number of anilines is 1. The number of morpholine rings is 2. The maximum atomic E-state index is 6.11. The molecule has 192 valence electrons. The molecule has 0 atom stereocenters. The van der Waals surface area contributed by atoms with Crippen molar-refractivity contribution in [3.63, 3.8) is 0 Å². The lowest BCUT2D eigenvalue weighted by molar-refractivity contribution is 0.0365. The van der Waals surface area contributed by atoms with Gasteiger partial charge < -0.3 is 23.7 Å². The zero-order valence-electron chi connectivity index (χ0n) is 21.0. The third kappa shape index (κ3) is 5.58. The fourth-order valence-electron chi connectivity index (χ4n) is 4.75. The van der Waals surface area contributed by atoms with E-state index < -0.39 is 0 Å². The van der Waals surface area contributed by atoms with E-state index in [9.17, 15) is 0 Å². The molecule has 0 unspecified atom stereocenters. The third-order valence-corrected chi connectivity index (χ3v) is 6.86. The summed E-state index contributed by atoms with van der Waals surface area (Å²) in [6.07, 6.45) is 1.89. The minimum absolute atomic E-state index is 0.513. The number of rotatable bonds is 8. The summed E-state index contributed by atoms with van der Waals surface area (Å²) < 4.78 is 19.3. The smallest absolute Gasteiger partial charge is 0.228 e. The van der Waals surface area contributed by atoms with Crippen molar-refractivity contribution in [2.45, 2.75) is 13.2 Å². The second-order valence-corrected chi connectivity index (χ2v) is 9.34. The van der Waals surface area contributed by atoms with Gasteiger partial charge in [0, 0.05) is 44.8 Å². The number of nitrogens with zero attached hydrogens (tertiary/aromatic N) is 6. The number of hydrogen-bond donors (Lipinski definition) is 0. The first-order chi connectivity index (χ1) is 18.3. The van der Waals surface area contributed by atoms with Crippen LogP contribution in [0.4, 0.5) is 5.95 Å². The van der Waals surface area contributed by atoms with E-state index in [2.05, 4.69) is 32.6 Å². The van der Waals surface area contributed by atoms with E-state index in [0.717, 1.165) is 92.2 Å². The molecule has 0 radical (unpaired) electrons. The topological polar surface area (TPSA) is 77.8 Å². The van der Waals surface area contributed by atoms with E-state index in [1.165, 1.54) is 0 Å². The Morgan fingerprint density at radius 1 is 0.811 bits per heavy atom. The molecule has 2 fully saturated rings. The highest BCUT2D eigenvalue weighted by Gasteiger charge is 2.21. The second-order valence-electron chi connectivity index (χ2n) is 9.34. The van der Waals surface area contributed by atoms with E-state index in [-0.39, 0.29) is 0 Å². The van der Waals surface area contributed by atoms with E-state index in [1.807, 2.05) is 42.7 Å². The molecule has 0 aliphatic carbocycles. The van der Waals surface area contributed by atoms with Gasteiger partial charge in [0.15, 0.2) is 5.65 Å². The average molecular weight is 501 g/mol. The Morgan fingerprint density at radius 2 is 1.59 bits per heavy atom. The van der Waals surface area contributed by atoms with Gasteiger partial charge in [0.1, 0.15) is 23.6 Å². The number of benzene rings is 2. The van der Waals surface area contributed by atoms with Gasteiger partial charge in [-0.2, -0.15) is 4.98 Å². The van der Waals surface area contributed by atoms with Gasteiger partial charge in [0.25, 0.3) is 0 Å². The molecular weight excluding hydrogens is 468 g/mol. The molecule has 9 nitrogen and oxygen atoms in total. The first-order valence-electron chi connectivity index (χ1n) is 13.0. The molecule has 9 heteroatoms. The summed E-state index contributed by atoms with van der Waals surface area (Å²) in [4.78, 5) is 19.4. The minimum Gasteiger partial charge on any atom is -0.489 e. The molecule has 0 amide bonds. The molecule has 2 aliphatic rings. The Kier molecular flexibility index (Phi) is 7.25. The average Bonchev–Trinajstić information content (AvgIpc) is 3.39. The highest BCUT2D eigenvalue weighted by Crippen LogP contribution is 2.30. The molecule has 2 aliphatic heterocycles. The summed E-state index contributed by atoms with van der Waals surface area (Å²) >= 11 is 0. The van der Waals surface area contributed by atoms with Crippen LogP contribution in [0.3, 0.4) is 0 Å². The zero-order chi connectivity index (χ0) is 24.9. The SMILES string of the molecule is c1ccc(COc2cccc(-c3nc(N4CCOCC4)nc4c3ncn4CCN3CCOCC3)c2)cc1. The largest absolute Gasteiger partial charge is 0.489 e. The predicted molar refractivity (Wildman–Crippen MR) is 142 cm³/mol. The van der Waals surface area contributed by atoms with Crippen molar-refractivity contribution in [2.75, 3.05) is 64.1 Å². The monoisotopic (exact) mass is 500 g/mol. The molecule has 4 heterocycles. The van der Waals surface area contributed by atoms with Gasteiger partial charge >= 0.3 is 0 Å². The third-order valence-electron chi connectivity index (χ3n) is 6.86. The summed E-state index contributed by atoms with van der Waals surface area (Å²) in [6.45, 7) is 8.66. The molecule has 37 heavy (non-hydrogen) atoms. The van der Waals surface area contributed by atoms with E-state index in [1.54, 1.807) is 0 Å². The standard InChI is InChI=1S/C28H32N6O3/c1-2-5-22(6-3-1)20-37-24-8-4-7-23(19-24)25-26-27(31-28(30-25)33-13-17-36-18-14-33)34(21-29-26)10-9-32-11-15-35-16-12-32/h1-8,19,21H,9-18,20H2. The number of aromatic nitrogens is 4. The van der Waals surface area contributed by atoms with Gasteiger partial charge in [-0.1, -0.05) is 42.5 Å². The summed E-state index contributed by atoms with van der Waals surface area (Å²) in [7, 11) is 0. The molecule has 4 aromatic rings. The highest BCUT2D eigenvalue weighted by molar-refractivity contribution is 5.88. The van der Waals surface area contributed by atoms with E-state index in [0.29, 0.717) is 19.8 Å². The van der Waals surface area contributed by atoms with Crippen LogP contribution in [0.2, 0.25) is 0 Å². The Balaban J connectivity index is 1.32. The van der Waals surface area contributed by atoms with Gasteiger partial charge in [-0.25, -0.2) is 9.97 Å². The quantitative estimate of drug-likeness (QED) is 0.365. The van der Waals surface area contributed by atoms with Crippen molar-refractivity contribution < 1.29 is 14.2 Å². The number of ether oxygens (including phenoxy) is 3. The number of imidazole rings is 1.